The minimum atomic E-state index is -4.14. The first-order valence-corrected chi connectivity index (χ1v) is 17.9. The Morgan fingerprint density at radius 2 is 1.50 bits per heavy atom. The Bertz CT molecular complexity index is 1740. The van der Waals surface area contributed by atoms with Crippen LogP contribution in [0.4, 0.5) is 5.69 Å². The van der Waals surface area contributed by atoms with Gasteiger partial charge in [0.1, 0.15) is 12.6 Å². The van der Waals surface area contributed by atoms with E-state index in [1.807, 2.05) is 74.5 Å². The zero-order chi connectivity index (χ0) is 32.7. The summed E-state index contributed by atoms with van der Waals surface area (Å²) in [5.41, 5.74) is 3.90. The van der Waals surface area contributed by atoms with Gasteiger partial charge in [0.25, 0.3) is 10.0 Å². The average Bonchev–Trinajstić information content (AvgIpc) is 3.56. The Hall–Kier alpha value is -3.95. The predicted molar refractivity (Wildman–Crippen MR) is 186 cm³/mol. The lowest BCUT2D eigenvalue weighted by molar-refractivity contribution is -0.140. The molecule has 0 radical (unpaired) electrons. The third-order valence-corrected chi connectivity index (χ3v) is 10.7. The molecule has 9 heteroatoms. The number of nitrogens with zero attached hydrogens (tertiary/aromatic N) is 2. The van der Waals surface area contributed by atoms with Gasteiger partial charge in [-0.05, 0) is 79.8 Å². The molecule has 1 N–H and O–H groups in total. The highest BCUT2D eigenvalue weighted by Crippen LogP contribution is 2.27. The molecule has 7 nitrogen and oxygen atoms in total. The Morgan fingerprint density at radius 1 is 0.826 bits per heavy atom. The van der Waals surface area contributed by atoms with Crippen molar-refractivity contribution in [3.63, 3.8) is 0 Å². The van der Waals surface area contributed by atoms with Crippen molar-refractivity contribution in [3.8, 4) is 0 Å². The Labute approximate surface area is 280 Å². The molecule has 1 aliphatic carbocycles. The zero-order valence-corrected chi connectivity index (χ0v) is 28.6. The van der Waals surface area contributed by atoms with Crippen molar-refractivity contribution in [2.45, 2.75) is 69.5 Å². The van der Waals surface area contributed by atoms with Gasteiger partial charge in [0.15, 0.2) is 0 Å². The molecule has 1 saturated carbocycles. The van der Waals surface area contributed by atoms with Gasteiger partial charge in [-0.25, -0.2) is 8.42 Å². The van der Waals surface area contributed by atoms with Gasteiger partial charge in [-0.3, -0.25) is 13.9 Å². The standard InChI is InChI=1S/C37H40BrN3O4S/c1-27-15-21-34(22-16-27)46(44,45)41(33-14-8-9-28(2)23-33)26-36(42)40(25-30-17-19-31(38)20-18-30)35(24-29-10-4-3-5-11-29)37(43)39-32-12-6-7-13-32/h3-5,8-11,14-23,32,35H,6-7,12-13,24-26H2,1-2H3,(H,39,43)/t35-/m0/s1. The van der Waals surface area contributed by atoms with Crippen molar-refractivity contribution in [3.05, 3.63) is 130 Å². The number of carbonyl (C=O) groups excluding carboxylic acids is 2. The summed E-state index contributed by atoms with van der Waals surface area (Å²) in [6.45, 7) is 3.43. The lowest BCUT2D eigenvalue weighted by Gasteiger charge is -2.34. The van der Waals surface area contributed by atoms with E-state index in [9.17, 15) is 18.0 Å². The van der Waals surface area contributed by atoms with Gasteiger partial charge in [0.05, 0.1) is 10.6 Å². The second-order valence-electron chi connectivity index (χ2n) is 12.0. The summed E-state index contributed by atoms with van der Waals surface area (Å²) in [6, 6.07) is 30.1. The van der Waals surface area contributed by atoms with Gasteiger partial charge in [0, 0.05) is 23.5 Å². The molecule has 0 heterocycles. The molecule has 0 unspecified atom stereocenters. The monoisotopic (exact) mass is 701 g/mol. The maximum absolute atomic E-state index is 14.6. The first-order chi connectivity index (χ1) is 22.1. The van der Waals surface area contributed by atoms with E-state index < -0.39 is 28.5 Å². The second kappa shape index (κ2) is 15.1. The molecule has 4 aromatic rings. The number of rotatable bonds is 12. The molecule has 4 aromatic carbocycles. The minimum Gasteiger partial charge on any atom is -0.352 e. The van der Waals surface area contributed by atoms with Crippen LogP contribution in [0.1, 0.15) is 47.9 Å². The molecule has 1 atom stereocenters. The van der Waals surface area contributed by atoms with Gasteiger partial charge >= 0.3 is 0 Å². The quantitative estimate of drug-likeness (QED) is 0.173. The summed E-state index contributed by atoms with van der Waals surface area (Å²) in [5, 5.41) is 3.21. The molecule has 1 aliphatic rings. The van der Waals surface area contributed by atoms with Crippen molar-refractivity contribution in [1.29, 1.82) is 0 Å². The second-order valence-corrected chi connectivity index (χ2v) is 14.8. The van der Waals surface area contributed by atoms with Gasteiger partial charge in [-0.2, -0.15) is 0 Å². The van der Waals surface area contributed by atoms with Crippen LogP contribution in [-0.4, -0.2) is 43.8 Å². The van der Waals surface area contributed by atoms with Gasteiger partial charge < -0.3 is 10.2 Å². The fraction of sp³-hybridized carbons (Fsp3) is 0.297. The van der Waals surface area contributed by atoms with E-state index in [4.69, 9.17) is 0 Å². The smallest absolute Gasteiger partial charge is 0.264 e. The van der Waals surface area contributed by atoms with E-state index in [1.165, 1.54) is 0 Å². The van der Waals surface area contributed by atoms with Crippen LogP contribution in [0.3, 0.4) is 0 Å². The summed E-state index contributed by atoms with van der Waals surface area (Å²) >= 11 is 3.48. The molecule has 1 fully saturated rings. The fourth-order valence-corrected chi connectivity index (χ4v) is 7.53. The molecule has 0 bridgehead atoms. The normalized spacial score (nSPS) is 14.1. The number of amides is 2. The Kier molecular flexibility index (Phi) is 11.0. The number of halogens is 1. The number of nitrogens with one attached hydrogen (secondary N) is 1. The molecule has 0 spiro atoms. The van der Waals surface area contributed by atoms with Gasteiger partial charge in [0.2, 0.25) is 11.8 Å². The fourth-order valence-electron chi connectivity index (χ4n) is 5.86. The number of aryl methyl sites for hydroxylation is 2. The largest absolute Gasteiger partial charge is 0.352 e. The molecule has 2 amide bonds. The number of anilines is 1. The maximum Gasteiger partial charge on any atom is 0.264 e. The number of benzene rings is 4. The van der Waals surface area contributed by atoms with Gasteiger partial charge in [-0.1, -0.05) is 101 Å². The van der Waals surface area contributed by atoms with Crippen LogP contribution < -0.4 is 9.62 Å². The van der Waals surface area contributed by atoms with Crippen molar-refractivity contribution in [2.75, 3.05) is 10.8 Å². The number of carbonyl (C=O) groups is 2. The Morgan fingerprint density at radius 3 is 2.15 bits per heavy atom. The molecular weight excluding hydrogens is 662 g/mol. The summed E-state index contributed by atoms with van der Waals surface area (Å²) in [7, 11) is -4.14. The molecule has 0 saturated heterocycles. The molecule has 240 valence electrons. The zero-order valence-electron chi connectivity index (χ0n) is 26.2. The Balaban J connectivity index is 1.56. The van der Waals surface area contributed by atoms with E-state index in [1.54, 1.807) is 47.4 Å². The highest BCUT2D eigenvalue weighted by molar-refractivity contribution is 9.10. The SMILES string of the molecule is Cc1ccc(S(=O)(=O)N(CC(=O)N(Cc2ccc(Br)cc2)[C@@H](Cc2ccccc2)C(=O)NC2CCCC2)c2cccc(C)c2)cc1. The topological polar surface area (TPSA) is 86.8 Å². The number of hydrogen-bond acceptors (Lipinski definition) is 4. The average molecular weight is 703 g/mol. The van der Waals surface area contributed by atoms with Crippen LogP contribution in [0.25, 0.3) is 0 Å². The van der Waals surface area contributed by atoms with Crippen LogP contribution in [0.15, 0.2) is 112 Å². The van der Waals surface area contributed by atoms with Crippen molar-refractivity contribution in [2.24, 2.45) is 0 Å². The summed E-state index contributed by atoms with van der Waals surface area (Å²) in [5.74, 6) is -0.702. The van der Waals surface area contributed by atoms with E-state index in [0.29, 0.717) is 5.69 Å². The van der Waals surface area contributed by atoms with Crippen LogP contribution in [0, 0.1) is 13.8 Å². The number of sulfonamides is 1. The molecule has 5 rings (SSSR count). The van der Waals surface area contributed by atoms with Crippen molar-refractivity contribution in [1.82, 2.24) is 10.2 Å². The first-order valence-electron chi connectivity index (χ1n) is 15.6. The van der Waals surface area contributed by atoms with Crippen LogP contribution in [0.5, 0.6) is 0 Å². The van der Waals surface area contributed by atoms with Crippen molar-refractivity contribution >= 4 is 43.5 Å². The summed E-state index contributed by atoms with van der Waals surface area (Å²) < 4.78 is 30.5. The molecular formula is C37H40BrN3O4S. The predicted octanol–water partition coefficient (Wildman–Crippen LogP) is 6.96. The van der Waals surface area contributed by atoms with E-state index >= 15 is 0 Å². The van der Waals surface area contributed by atoms with Gasteiger partial charge in [-0.15, -0.1) is 0 Å². The van der Waals surface area contributed by atoms with Crippen molar-refractivity contribution < 1.29 is 18.0 Å². The summed E-state index contributed by atoms with van der Waals surface area (Å²) in [6.07, 6.45) is 4.20. The number of hydrogen-bond donors (Lipinski definition) is 1. The summed E-state index contributed by atoms with van der Waals surface area (Å²) in [4.78, 5) is 30.4. The molecule has 0 aliphatic heterocycles. The van der Waals surface area contributed by atoms with E-state index in [-0.39, 0.29) is 29.8 Å². The minimum absolute atomic E-state index is 0.0566. The third kappa shape index (κ3) is 8.44. The lowest BCUT2D eigenvalue weighted by atomic mass is 10.0. The molecule has 0 aromatic heterocycles. The third-order valence-electron chi connectivity index (χ3n) is 8.42. The van der Waals surface area contributed by atoms with Crippen LogP contribution in [-0.2, 0) is 32.6 Å². The highest BCUT2D eigenvalue weighted by Gasteiger charge is 2.35. The maximum atomic E-state index is 14.6. The lowest BCUT2D eigenvalue weighted by Crippen LogP contribution is -2.54. The van der Waals surface area contributed by atoms with Crippen LogP contribution >= 0.6 is 15.9 Å². The van der Waals surface area contributed by atoms with E-state index in [0.717, 1.165) is 56.7 Å². The van der Waals surface area contributed by atoms with Crippen LogP contribution in [0.2, 0.25) is 0 Å². The first kappa shape index (κ1) is 33.4. The highest BCUT2D eigenvalue weighted by atomic mass is 79.9. The molecule has 46 heavy (non-hydrogen) atoms. The van der Waals surface area contributed by atoms with E-state index in [2.05, 4.69) is 21.2 Å².